The Balaban J connectivity index is 2.52. The Morgan fingerprint density at radius 2 is 2.36 bits per heavy atom. The fourth-order valence-electron chi connectivity index (χ4n) is 0.948. The van der Waals surface area contributed by atoms with Crippen molar-refractivity contribution in [2.45, 2.75) is 20.3 Å². The van der Waals surface area contributed by atoms with Crippen molar-refractivity contribution in [1.82, 2.24) is 9.97 Å². The molecule has 0 bridgehead atoms. The summed E-state index contributed by atoms with van der Waals surface area (Å²) in [7, 11) is 0. The molecule has 0 radical (unpaired) electrons. The van der Waals surface area contributed by atoms with Crippen molar-refractivity contribution < 1.29 is 0 Å². The number of hydrogen-bond donors (Lipinski definition) is 2. The lowest BCUT2D eigenvalue weighted by molar-refractivity contribution is 0.606. The van der Waals surface area contributed by atoms with Crippen LogP contribution in [0.25, 0.3) is 0 Å². The van der Waals surface area contributed by atoms with Crippen LogP contribution in [0.3, 0.4) is 0 Å². The standard InChI is InChI=1S/C9H14ClN3O/c1-6(2)3-4-11-9-12-5-7(10)8(14)13-9/h5-6H,3-4H2,1-2H3,(H2,11,12,13,14). The maximum atomic E-state index is 11.1. The van der Waals surface area contributed by atoms with Gasteiger partial charge < -0.3 is 5.32 Å². The van der Waals surface area contributed by atoms with Gasteiger partial charge in [0.2, 0.25) is 5.95 Å². The Bertz CT molecular complexity index is 348. The van der Waals surface area contributed by atoms with Gasteiger partial charge in [0.05, 0.1) is 6.20 Å². The molecule has 0 atom stereocenters. The summed E-state index contributed by atoms with van der Waals surface area (Å²) in [4.78, 5) is 17.5. The third-order valence-electron chi connectivity index (χ3n) is 1.77. The Hall–Kier alpha value is -1.03. The van der Waals surface area contributed by atoms with Crippen molar-refractivity contribution in [3.8, 4) is 0 Å². The number of rotatable bonds is 4. The van der Waals surface area contributed by atoms with Crippen LogP contribution in [0, 0.1) is 5.92 Å². The normalized spacial score (nSPS) is 10.6. The summed E-state index contributed by atoms with van der Waals surface area (Å²) in [6.45, 7) is 5.07. The molecule has 78 valence electrons. The van der Waals surface area contributed by atoms with E-state index < -0.39 is 0 Å². The van der Waals surface area contributed by atoms with E-state index in [-0.39, 0.29) is 10.6 Å². The maximum Gasteiger partial charge on any atom is 0.271 e. The minimum absolute atomic E-state index is 0.111. The monoisotopic (exact) mass is 215 g/mol. The van der Waals surface area contributed by atoms with E-state index in [0.29, 0.717) is 11.9 Å². The van der Waals surface area contributed by atoms with Gasteiger partial charge in [0.15, 0.2) is 0 Å². The van der Waals surface area contributed by atoms with Crippen molar-refractivity contribution in [3.63, 3.8) is 0 Å². The summed E-state index contributed by atoms with van der Waals surface area (Å²) in [6.07, 6.45) is 2.38. The number of hydrogen-bond acceptors (Lipinski definition) is 3. The van der Waals surface area contributed by atoms with Gasteiger partial charge in [0.25, 0.3) is 5.56 Å². The summed E-state index contributed by atoms with van der Waals surface area (Å²) >= 11 is 5.53. The second-order valence-corrected chi connectivity index (χ2v) is 3.93. The highest BCUT2D eigenvalue weighted by Gasteiger charge is 1.99. The zero-order valence-corrected chi connectivity index (χ0v) is 9.06. The van der Waals surface area contributed by atoms with E-state index in [0.717, 1.165) is 13.0 Å². The number of aromatic nitrogens is 2. The van der Waals surface area contributed by atoms with Crippen LogP contribution in [-0.4, -0.2) is 16.5 Å². The molecule has 0 aliphatic carbocycles. The van der Waals surface area contributed by atoms with E-state index in [1.807, 2.05) is 0 Å². The van der Waals surface area contributed by atoms with Gasteiger partial charge >= 0.3 is 0 Å². The van der Waals surface area contributed by atoms with Crippen LogP contribution in [0.5, 0.6) is 0 Å². The maximum absolute atomic E-state index is 11.1. The van der Waals surface area contributed by atoms with Crippen molar-refractivity contribution in [2.24, 2.45) is 5.92 Å². The predicted octanol–water partition coefficient (Wildman–Crippen LogP) is 1.88. The lowest BCUT2D eigenvalue weighted by Crippen LogP contribution is -2.14. The van der Waals surface area contributed by atoms with E-state index in [4.69, 9.17) is 11.6 Å². The molecular weight excluding hydrogens is 202 g/mol. The molecule has 5 heteroatoms. The van der Waals surface area contributed by atoms with E-state index in [2.05, 4.69) is 29.1 Å². The van der Waals surface area contributed by atoms with Crippen molar-refractivity contribution in [3.05, 3.63) is 21.6 Å². The zero-order chi connectivity index (χ0) is 10.6. The van der Waals surface area contributed by atoms with Gasteiger partial charge in [0.1, 0.15) is 5.02 Å². The summed E-state index contributed by atoms with van der Waals surface area (Å²) < 4.78 is 0. The lowest BCUT2D eigenvalue weighted by atomic mass is 10.1. The number of nitrogens with one attached hydrogen (secondary N) is 2. The van der Waals surface area contributed by atoms with Gasteiger partial charge in [-0.1, -0.05) is 25.4 Å². The molecular formula is C9H14ClN3O. The van der Waals surface area contributed by atoms with Crippen molar-refractivity contribution >= 4 is 17.5 Å². The lowest BCUT2D eigenvalue weighted by Gasteiger charge is -2.06. The molecule has 4 nitrogen and oxygen atoms in total. The van der Waals surface area contributed by atoms with Gasteiger partial charge in [0, 0.05) is 6.54 Å². The smallest absolute Gasteiger partial charge is 0.271 e. The van der Waals surface area contributed by atoms with E-state index in [1.54, 1.807) is 0 Å². The Labute approximate surface area is 87.7 Å². The van der Waals surface area contributed by atoms with Crippen molar-refractivity contribution in [2.75, 3.05) is 11.9 Å². The molecule has 0 fully saturated rings. The highest BCUT2D eigenvalue weighted by atomic mass is 35.5. The highest BCUT2D eigenvalue weighted by Crippen LogP contribution is 2.02. The van der Waals surface area contributed by atoms with Crippen LogP contribution in [0.1, 0.15) is 20.3 Å². The fourth-order valence-corrected chi connectivity index (χ4v) is 1.04. The second kappa shape index (κ2) is 5.00. The average Bonchev–Trinajstić information content (AvgIpc) is 2.10. The van der Waals surface area contributed by atoms with Crippen LogP contribution in [0.2, 0.25) is 5.02 Å². The average molecular weight is 216 g/mol. The first-order valence-electron chi connectivity index (χ1n) is 4.58. The first-order chi connectivity index (χ1) is 6.59. The largest absolute Gasteiger partial charge is 0.356 e. The molecule has 0 aromatic carbocycles. The van der Waals surface area contributed by atoms with Crippen LogP contribution in [0.15, 0.2) is 11.0 Å². The van der Waals surface area contributed by atoms with Gasteiger partial charge in [-0.15, -0.1) is 0 Å². The molecule has 0 amide bonds. The number of H-pyrrole nitrogens is 1. The number of anilines is 1. The van der Waals surface area contributed by atoms with Gasteiger partial charge in [-0.3, -0.25) is 9.78 Å². The molecule has 0 unspecified atom stereocenters. The summed E-state index contributed by atoms with van der Waals surface area (Å²) in [5, 5.41) is 3.13. The molecule has 0 saturated carbocycles. The molecule has 0 aliphatic rings. The quantitative estimate of drug-likeness (QED) is 0.807. The first kappa shape index (κ1) is 11.0. The molecule has 1 rings (SSSR count). The molecule has 0 aliphatic heterocycles. The third kappa shape index (κ3) is 3.38. The first-order valence-corrected chi connectivity index (χ1v) is 4.96. The Morgan fingerprint density at radius 3 is 2.93 bits per heavy atom. The topological polar surface area (TPSA) is 57.8 Å². The number of aromatic amines is 1. The van der Waals surface area contributed by atoms with Crippen LogP contribution in [0.4, 0.5) is 5.95 Å². The summed E-state index contributed by atoms with van der Waals surface area (Å²) in [5.74, 6) is 1.10. The molecule has 0 saturated heterocycles. The molecule has 1 heterocycles. The van der Waals surface area contributed by atoms with E-state index in [1.165, 1.54) is 6.20 Å². The second-order valence-electron chi connectivity index (χ2n) is 3.52. The van der Waals surface area contributed by atoms with Crippen molar-refractivity contribution in [1.29, 1.82) is 0 Å². The molecule has 14 heavy (non-hydrogen) atoms. The minimum atomic E-state index is -0.311. The number of halogens is 1. The third-order valence-corrected chi connectivity index (χ3v) is 2.04. The predicted molar refractivity (Wildman–Crippen MR) is 57.8 cm³/mol. The number of nitrogens with zero attached hydrogens (tertiary/aromatic N) is 1. The van der Waals surface area contributed by atoms with Crippen LogP contribution in [-0.2, 0) is 0 Å². The van der Waals surface area contributed by atoms with Gasteiger partial charge in [-0.2, -0.15) is 0 Å². The fraction of sp³-hybridized carbons (Fsp3) is 0.556. The van der Waals surface area contributed by atoms with E-state index in [9.17, 15) is 4.79 Å². The minimum Gasteiger partial charge on any atom is -0.356 e. The zero-order valence-electron chi connectivity index (χ0n) is 8.30. The molecule has 2 N–H and O–H groups in total. The van der Waals surface area contributed by atoms with Gasteiger partial charge in [-0.25, -0.2) is 4.98 Å². The van der Waals surface area contributed by atoms with Gasteiger partial charge in [-0.05, 0) is 12.3 Å². The van der Waals surface area contributed by atoms with Crippen LogP contribution >= 0.6 is 11.6 Å². The molecule has 1 aromatic heterocycles. The SMILES string of the molecule is CC(C)CCNc1ncc(Cl)c(=O)[nH]1. The summed E-state index contributed by atoms with van der Waals surface area (Å²) in [5.41, 5.74) is -0.311. The Kier molecular flexibility index (Phi) is 3.95. The highest BCUT2D eigenvalue weighted by molar-refractivity contribution is 6.30. The summed E-state index contributed by atoms with van der Waals surface area (Å²) in [6, 6.07) is 0. The van der Waals surface area contributed by atoms with Crippen LogP contribution < -0.4 is 10.9 Å². The molecule has 1 aromatic rings. The van der Waals surface area contributed by atoms with E-state index >= 15 is 0 Å². The Morgan fingerprint density at radius 1 is 1.64 bits per heavy atom. The molecule has 0 spiro atoms.